The van der Waals surface area contributed by atoms with E-state index in [2.05, 4.69) is 26.6 Å². The molecule has 0 radical (unpaired) electrons. The zero-order valence-corrected chi connectivity index (χ0v) is 16.8. The van der Waals surface area contributed by atoms with Crippen LogP contribution in [0.15, 0.2) is 16.6 Å². The molecule has 0 bridgehead atoms. The molecule has 8 heteroatoms. The number of quaternary nitrogens is 1. The highest BCUT2D eigenvalue weighted by Gasteiger charge is 2.67. The van der Waals surface area contributed by atoms with Gasteiger partial charge in [0.25, 0.3) is 5.82 Å². The van der Waals surface area contributed by atoms with Crippen molar-refractivity contribution in [1.29, 1.82) is 0 Å². The number of halogens is 2. The lowest BCUT2D eigenvalue weighted by Crippen LogP contribution is -2.44. The van der Waals surface area contributed by atoms with Crippen molar-refractivity contribution in [2.45, 2.75) is 52.2 Å². The van der Waals surface area contributed by atoms with Gasteiger partial charge in [0.1, 0.15) is 5.69 Å². The van der Waals surface area contributed by atoms with Crippen molar-refractivity contribution in [1.82, 2.24) is 9.78 Å². The predicted octanol–water partition coefficient (Wildman–Crippen LogP) is 1.99. The number of fused-ring (bicyclic) bond motifs is 3. The molecular formula is C17H21BrClN5O+2. The molecule has 2 N–H and O–H groups in total. The van der Waals surface area contributed by atoms with E-state index in [1.807, 2.05) is 24.6 Å². The van der Waals surface area contributed by atoms with Crippen molar-refractivity contribution in [2.75, 3.05) is 0 Å². The molecule has 1 amide bonds. The average Bonchev–Trinajstić information content (AvgIpc) is 2.93. The fourth-order valence-electron chi connectivity index (χ4n) is 4.10. The Morgan fingerprint density at radius 3 is 2.88 bits per heavy atom. The quantitative estimate of drug-likeness (QED) is 0.263. The molecule has 0 aliphatic carbocycles. The summed E-state index contributed by atoms with van der Waals surface area (Å²) in [5, 5.41) is 5.42. The summed E-state index contributed by atoms with van der Waals surface area (Å²) >= 11 is 9.81. The normalized spacial score (nSPS) is 27.0. The first-order valence-electron chi connectivity index (χ1n) is 8.40. The third-order valence-electron chi connectivity index (χ3n) is 5.72. The number of amides is 1. The van der Waals surface area contributed by atoms with Crippen molar-refractivity contribution < 1.29 is 14.0 Å². The van der Waals surface area contributed by atoms with Crippen molar-refractivity contribution in [3.05, 3.63) is 38.8 Å². The van der Waals surface area contributed by atoms with Gasteiger partial charge in [0, 0.05) is 22.9 Å². The van der Waals surface area contributed by atoms with Crippen molar-refractivity contribution in [3.63, 3.8) is 0 Å². The van der Waals surface area contributed by atoms with Gasteiger partial charge in [0.2, 0.25) is 11.9 Å². The smallest absolute Gasteiger partial charge is 0.229 e. The second-order valence-electron chi connectivity index (χ2n) is 7.04. The van der Waals surface area contributed by atoms with E-state index >= 15 is 0 Å². The van der Waals surface area contributed by atoms with Gasteiger partial charge in [-0.3, -0.25) is 0 Å². The molecule has 6 nitrogen and oxygen atoms in total. The molecular weight excluding hydrogens is 406 g/mol. The van der Waals surface area contributed by atoms with Gasteiger partial charge in [-0.15, -0.1) is 4.68 Å². The maximum absolute atomic E-state index is 11.9. The Morgan fingerprint density at radius 2 is 2.24 bits per heavy atom. The molecule has 1 aromatic heterocycles. The fraction of sp³-hybridized carbons (Fsp3) is 0.471. The van der Waals surface area contributed by atoms with Crippen LogP contribution in [0.2, 0.25) is 5.02 Å². The molecule has 3 unspecified atom stereocenters. The van der Waals surface area contributed by atoms with E-state index in [0.29, 0.717) is 11.6 Å². The molecule has 3 heterocycles. The van der Waals surface area contributed by atoms with Gasteiger partial charge in [0.05, 0.1) is 11.9 Å². The van der Waals surface area contributed by atoms with Gasteiger partial charge in [-0.05, 0) is 47.0 Å². The first kappa shape index (κ1) is 17.1. The summed E-state index contributed by atoms with van der Waals surface area (Å²) in [5.74, 6) is 8.30. The molecule has 0 saturated carbocycles. The number of benzene rings is 1. The maximum Gasteiger partial charge on any atom is 0.330 e. The molecule has 4 rings (SSSR count). The van der Waals surface area contributed by atoms with Crippen LogP contribution in [0.25, 0.3) is 5.69 Å². The number of carbonyl (C=O) groups excluding carboxylic acids is 1. The zero-order valence-electron chi connectivity index (χ0n) is 14.5. The summed E-state index contributed by atoms with van der Waals surface area (Å²) in [5.41, 5.74) is 2.34. The number of carbonyl (C=O) groups is 1. The monoisotopic (exact) mass is 425 g/mol. The summed E-state index contributed by atoms with van der Waals surface area (Å²) in [4.78, 5) is 11.9. The molecule has 2 aliphatic heterocycles. The van der Waals surface area contributed by atoms with E-state index in [0.717, 1.165) is 34.7 Å². The van der Waals surface area contributed by atoms with Crippen LogP contribution in [0.1, 0.15) is 31.1 Å². The second kappa shape index (κ2) is 5.61. The maximum atomic E-state index is 11.9. The lowest BCUT2D eigenvalue weighted by molar-refractivity contribution is -0.759. The molecule has 1 fully saturated rings. The highest BCUT2D eigenvalue weighted by atomic mass is 79.9. The van der Waals surface area contributed by atoms with Crippen LogP contribution < -0.4 is 10.4 Å². The predicted molar refractivity (Wildman–Crippen MR) is 97.0 cm³/mol. The van der Waals surface area contributed by atoms with Crippen molar-refractivity contribution in [2.24, 2.45) is 5.84 Å². The molecule has 0 spiro atoms. The number of rotatable bonds is 2. The Morgan fingerprint density at radius 1 is 1.52 bits per heavy atom. The van der Waals surface area contributed by atoms with Crippen LogP contribution in [-0.2, 0) is 24.2 Å². The summed E-state index contributed by atoms with van der Waals surface area (Å²) in [6, 6.07) is 4.28. The number of nitrogens with zero attached hydrogens (tertiary/aromatic N) is 4. The molecule has 3 atom stereocenters. The van der Waals surface area contributed by atoms with E-state index in [4.69, 9.17) is 22.5 Å². The Balaban J connectivity index is 1.73. The average molecular weight is 427 g/mol. The van der Waals surface area contributed by atoms with E-state index in [1.54, 1.807) is 6.92 Å². The lowest BCUT2D eigenvalue weighted by atomic mass is 10.0. The topological polar surface area (TPSA) is 64.8 Å². The minimum absolute atomic E-state index is 0.00452. The van der Waals surface area contributed by atoms with Crippen LogP contribution in [-0.4, -0.2) is 32.4 Å². The van der Waals surface area contributed by atoms with E-state index in [-0.39, 0.29) is 22.6 Å². The van der Waals surface area contributed by atoms with Crippen LogP contribution in [0.5, 0.6) is 0 Å². The van der Waals surface area contributed by atoms with E-state index < -0.39 is 0 Å². The van der Waals surface area contributed by atoms with E-state index in [1.165, 1.54) is 5.56 Å². The highest BCUT2D eigenvalue weighted by molar-refractivity contribution is 9.10. The van der Waals surface area contributed by atoms with Crippen LogP contribution in [0.3, 0.4) is 0 Å². The van der Waals surface area contributed by atoms with Crippen LogP contribution in [0.4, 0.5) is 0 Å². The zero-order chi connectivity index (χ0) is 18.1. The summed E-state index contributed by atoms with van der Waals surface area (Å²) in [6.07, 6.45) is 1.83. The van der Waals surface area contributed by atoms with Crippen LogP contribution >= 0.6 is 27.5 Å². The molecule has 1 aromatic carbocycles. The summed E-state index contributed by atoms with van der Waals surface area (Å²) in [7, 11) is 0. The molecule has 132 valence electrons. The van der Waals surface area contributed by atoms with Gasteiger partial charge >= 0.3 is 5.91 Å². The van der Waals surface area contributed by atoms with Gasteiger partial charge < -0.3 is 0 Å². The third-order valence-corrected chi connectivity index (χ3v) is 6.92. The number of hydrogen-bond donors (Lipinski definition) is 1. The minimum Gasteiger partial charge on any atom is -0.229 e. The summed E-state index contributed by atoms with van der Waals surface area (Å²) < 4.78 is 5.11. The Kier molecular flexibility index (Phi) is 3.85. The minimum atomic E-state index is 0.00452. The fourth-order valence-corrected chi connectivity index (χ4v) is 4.64. The Bertz CT molecular complexity index is 911. The number of hydrogen-bond acceptors (Lipinski definition) is 3. The molecule has 25 heavy (non-hydrogen) atoms. The Hall–Kier alpha value is -1.28. The standard InChI is InChI=1S/C17H21BrClN5O/c1-9-16(24(9,20)11(3)25)8-22-17-5-4-12-6-13(18)14(19)7-15(12)23(17)10(2)21-22/h6-7,9,16H,4-5,8,20H2,1-3H3/q+2. The van der Waals surface area contributed by atoms with Crippen molar-refractivity contribution in [3.8, 4) is 5.69 Å². The largest absolute Gasteiger partial charge is 0.330 e. The Labute approximate surface area is 159 Å². The van der Waals surface area contributed by atoms with Crippen LogP contribution in [0, 0.1) is 6.92 Å². The van der Waals surface area contributed by atoms with Gasteiger partial charge in [-0.2, -0.15) is 15.0 Å². The molecule has 2 aliphatic rings. The van der Waals surface area contributed by atoms with Gasteiger partial charge in [0.15, 0.2) is 12.6 Å². The summed E-state index contributed by atoms with van der Waals surface area (Å²) in [6.45, 7) is 6.23. The number of aromatic nitrogens is 3. The van der Waals surface area contributed by atoms with E-state index in [9.17, 15) is 4.79 Å². The number of nitrogens with two attached hydrogens (primary N) is 1. The first-order valence-corrected chi connectivity index (χ1v) is 9.57. The third kappa shape index (κ3) is 2.40. The first-order chi connectivity index (χ1) is 11.7. The second-order valence-corrected chi connectivity index (χ2v) is 8.30. The molecule has 1 saturated heterocycles. The van der Waals surface area contributed by atoms with Crippen molar-refractivity contribution >= 4 is 33.4 Å². The SMILES string of the molecule is CC(=O)[N+]1(N)C(C)C1Cn1nc(C)[n+]2c1CCc1cc(Br)c(Cl)cc1-2. The highest BCUT2D eigenvalue weighted by Crippen LogP contribution is 2.36. The molecule has 2 aromatic rings. The van der Waals surface area contributed by atoms with Gasteiger partial charge in [-0.25, -0.2) is 4.79 Å². The number of aryl methyl sites for hydroxylation is 2. The van der Waals surface area contributed by atoms with Gasteiger partial charge in [-0.1, -0.05) is 11.6 Å². The lowest BCUT2D eigenvalue weighted by Gasteiger charge is -2.16.